The average molecular weight is 358 g/mol. The summed E-state index contributed by atoms with van der Waals surface area (Å²) in [5, 5.41) is 4.10. The fourth-order valence-electron chi connectivity index (χ4n) is 3.22. The Morgan fingerprint density at radius 3 is 2.60 bits per heavy atom. The highest BCUT2D eigenvalue weighted by Crippen LogP contribution is 2.22. The fourth-order valence-corrected chi connectivity index (χ4v) is 3.35. The lowest BCUT2D eigenvalue weighted by atomic mass is 9.89. The zero-order valence-electron chi connectivity index (χ0n) is 14.3. The van der Waals surface area contributed by atoms with Crippen molar-refractivity contribution < 1.29 is 4.79 Å². The summed E-state index contributed by atoms with van der Waals surface area (Å²) in [4.78, 5) is 19.3. The first-order valence-corrected chi connectivity index (χ1v) is 9.23. The number of piperidine rings is 1. The normalized spacial score (nSPS) is 16.0. The molecule has 1 saturated heterocycles. The number of rotatable bonds is 7. The molecule has 0 atom stereocenters. The lowest BCUT2D eigenvalue weighted by molar-refractivity contribution is 0.0841. The van der Waals surface area contributed by atoms with Gasteiger partial charge in [0.15, 0.2) is 5.78 Å². The van der Waals surface area contributed by atoms with E-state index in [9.17, 15) is 4.79 Å². The maximum Gasteiger partial charge on any atom is 0.166 e. The molecule has 5 heteroatoms. The molecular weight excluding hydrogens is 334 g/mol. The number of carbonyl (C=O) groups excluding carboxylic acids is 1. The van der Waals surface area contributed by atoms with E-state index >= 15 is 0 Å². The second-order valence-corrected chi connectivity index (χ2v) is 6.92. The molecule has 2 aromatic rings. The number of benzene rings is 1. The van der Waals surface area contributed by atoms with Gasteiger partial charge in [-0.1, -0.05) is 17.7 Å². The summed E-state index contributed by atoms with van der Waals surface area (Å²) in [6.07, 6.45) is 3.68. The van der Waals surface area contributed by atoms with Gasteiger partial charge in [0, 0.05) is 42.3 Å². The fraction of sp³-hybridized carbons (Fsp3) is 0.400. The predicted octanol–water partition coefficient (Wildman–Crippen LogP) is 3.42. The van der Waals surface area contributed by atoms with Crippen LogP contribution in [-0.4, -0.2) is 41.8 Å². The van der Waals surface area contributed by atoms with E-state index in [0.717, 1.165) is 56.8 Å². The minimum absolute atomic E-state index is 0.138. The molecule has 0 bridgehead atoms. The average Bonchev–Trinajstić information content (AvgIpc) is 2.67. The van der Waals surface area contributed by atoms with Crippen molar-refractivity contribution in [3.8, 4) is 0 Å². The number of halogens is 1. The van der Waals surface area contributed by atoms with E-state index in [1.807, 2.05) is 36.5 Å². The van der Waals surface area contributed by atoms with Gasteiger partial charge in [-0.3, -0.25) is 9.78 Å². The number of Topliss-reactive ketones (excluding diaryl/α,β-unsaturated/α-hetero) is 1. The van der Waals surface area contributed by atoms with Crippen LogP contribution in [0.15, 0.2) is 48.7 Å². The Morgan fingerprint density at radius 2 is 1.92 bits per heavy atom. The van der Waals surface area contributed by atoms with Crippen molar-refractivity contribution in [3.63, 3.8) is 0 Å². The molecule has 1 aromatic carbocycles. The van der Waals surface area contributed by atoms with Crippen LogP contribution in [0.25, 0.3) is 0 Å². The SMILES string of the molecule is O=C(c1ccc(Cl)cc1)C1CCN(CCNCc2ccccn2)CC1. The van der Waals surface area contributed by atoms with E-state index in [0.29, 0.717) is 5.02 Å². The smallest absolute Gasteiger partial charge is 0.166 e. The van der Waals surface area contributed by atoms with Crippen molar-refractivity contribution in [1.29, 1.82) is 0 Å². The van der Waals surface area contributed by atoms with Crippen LogP contribution < -0.4 is 5.32 Å². The van der Waals surface area contributed by atoms with Gasteiger partial charge in [-0.05, 0) is 62.3 Å². The molecule has 1 aromatic heterocycles. The molecule has 0 saturated carbocycles. The molecule has 25 heavy (non-hydrogen) atoms. The maximum absolute atomic E-state index is 12.6. The maximum atomic E-state index is 12.6. The van der Waals surface area contributed by atoms with Crippen molar-refractivity contribution in [2.45, 2.75) is 19.4 Å². The van der Waals surface area contributed by atoms with E-state index in [4.69, 9.17) is 11.6 Å². The third-order valence-electron chi connectivity index (χ3n) is 4.72. The third kappa shape index (κ3) is 5.36. The van der Waals surface area contributed by atoms with Crippen LogP contribution in [0.4, 0.5) is 0 Å². The molecule has 1 N–H and O–H groups in total. The monoisotopic (exact) mass is 357 g/mol. The van der Waals surface area contributed by atoms with Gasteiger partial charge in [-0.2, -0.15) is 0 Å². The molecule has 0 spiro atoms. The van der Waals surface area contributed by atoms with Crippen molar-refractivity contribution in [2.24, 2.45) is 5.92 Å². The highest BCUT2D eigenvalue weighted by molar-refractivity contribution is 6.30. The Balaban J connectivity index is 1.37. The van der Waals surface area contributed by atoms with E-state index in [2.05, 4.69) is 15.2 Å². The number of hydrogen-bond acceptors (Lipinski definition) is 4. The highest BCUT2D eigenvalue weighted by Gasteiger charge is 2.25. The first-order valence-electron chi connectivity index (χ1n) is 8.85. The second-order valence-electron chi connectivity index (χ2n) is 6.48. The first kappa shape index (κ1) is 18.1. The summed E-state index contributed by atoms with van der Waals surface area (Å²) in [5.41, 5.74) is 1.84. The number of aromatic nitrogens is 1. The van der Waals surface area contributed by atoms with Crippen LogP contribution >= 0.6 is 11.6 Å². The molecular formula is C20H24ClN3O. The van der Waals surface area contributed by atoms with Gasteiger partial charge >= 0.3 is 0 Å². The molecule has 0 radical (unpaired) electrons. The first-order chi connectivity index (χ1) is 12.2. The predicted molar refractivity (Wildman–Crippen MR) is 101 cm³/mol. The van der Waals surface area contributed by atoms with Crippen LogP contribution in [-0.2, 0) is 6.54 Å². The van der Waals surface area contributed by atoms with Crippen LogP contribution in [0.2, 0.25) is 5.02 Å². The highest BCUT2D eigenvalue weighted by atomic mass is 35.5. The summed E-state index contributed by atoms with van der Waals surface area (Å²) in [6, 6.07) is 13.2. The largest absolute Gasteiger partial charge is 0.310 e. The topological polar surface area (TPSA) is 45.2 Å². The summed E-state index contributed by atoms with van der Waals surface area (Å²) in [6.45, 7) is 4.71. The van der Waals surface area contributed by atoms with Gasteiger partial charge in [0.25, 0.3) is 0 Å². The Hall–Kier alpha value is -1.75. The summed E-state index contributed by atoms with van der Waals surface area (Å²) >= 11 is 5.89. The van der Waals surface area contributed by atoms with Crippen molar-refractivity contribution in [2.75, 3.05) is 26.2 Å². The molecule has 4 nitrogen and oxygen atoms in total. The van der Waals surface area contributed by atoms with Crippen molar-refractivity contribution >= 4 is 17.4 Å². The van der Waals surface area contributed by atoms with E-state index in [1.54, 1.807) is 12.1 Å². The molecule has 1 fully saturated rings. The van der Waals surface area contributed by atoms with Crippen LogP contribution in [0.3, 0.4) is 0 Å². The number of likely N-dealkylation sites (tertiary alicyclic amines) is 1. The number of nitrogens with zero attached hydrogens (tertiary/aromatic N) is 2. The van der Waals surface area contributed by atoms with Crippen LogP contribution in [0, 0.1) is 5.92 Å². The zero-order valence-corrected chi connectivity index (χ0v) is 15.1. The lowest BCUT2D eigenvalue weighted by Gasteiger charge is -2.31. The summed E-state index contributed by atoms with van der Waals surface area (Å²) < 4.78 is 0. The second kappa shape index (κ2) is 9.09. The van der Waals surface area contributed by atoms with Crippen molar-refractivity contribution in [3.05, 3.63) is 64.9 Å². The van der Waals surface area contributed by atoms with Gasteiger partial charge < -0.3 is 10.2 Å². The zero-order chi connectivity index (χ0) is 17.5. The summed E-state index contributed by atoms with van der Waals surface area (Å²) in [7, 11) is 0. The third-order valence-corrected chi connectivity index (χ3v) is 4.98. The van der Waals surface area contributed by atoms with E-state index in [1.165, 1.54) is 0 Å². The Morgan fingerprint density at radius 1 is 1.16 bits per heavy atom. The summed E-state index contributed by atoms with van der Waals surface area (Å²) in [5.74, 6) is 0.392. The number of pyridine rings is 1. The van der Waals surface area contributed by atoms with Gasteiger partial charge in [-0.25, -0.2) is 0 Å². The van der Waals surface area contributed by atoms with E-state index < -0.39 is 0 Å². The van der Waals surface area contributed by atoms with Gasteiger partial charge in [0.2, 0.25) is 0 Å². The van der Waals surface area contributed by atoms with Gasteiger partial charge in [-0.15, -0.1) is 0 Å². The molecule has 0 aliphatic carbocycles. The molecule has 0 unspecified atom stereocenters. The standard InChI is InChI=1S/C20H24ClN3O/c21-18-6-4-16(5-7-18)20(25)17-8-12-24(13-9-17)14-11-22-15-19-3-1-2-10-23-19/h1-7,10,17,22H,8-9,11-15H2. The molecule has 1 aliphatic rings. The number of nitrogens with one attached hydrogen (secondary N) is 1. The minimum Gasteiger partial charge on any atom is -0.310 e. The Kier molecular flexibility index (Phi) is 6.56. The van der Waals surface area contributed by atoms with Crippen LogP contribution in [0.5, 0.6) is 0 Å². The number of ketones is 1. The lowest BCUT2D eigenvalue weighted by Crippen LogP contribution is -2.39. The molecule has 0 amide bonds. The molecule has 1 aliphatic heterocycles. The number of carbonyl (C=O) groups is 1. The molecule has 132 valence electrons. The molecule has 3 rings (SSSR count). The number of hydrogen-bond donors (Lipinski definition) is 1. The van der Waals surface area contributed by atoms with Gasteiger partial charge in [0.1, 0.15) is 0 Å². The van der Waals surface area contributed by atoms with Crippen LogP contribution in [0.1, 0.15) is 28.9 Å². The quantitative estimate of drug-likeness (QED) is 0.609. The minimum atomic E-state index is 0.138. The van der Waals surface area contributed by atoms with Crippen molar-refractivity contribution in [1.82, 2.24) is 15.2 Å². The van der Waals surface area contributed by atoms with Gasteiger partial charge in [0.05, 0.1) is 5.69 Å². The Labute approximate surface area is 154 Å². The van der Waals surface area contributed by atoms with E-state index in [-0.39, 0.29) is 11.7 Å². The Bertz CT molecular complexity index is 667. The molecule has 2 heterocycles.